The van der Waals surface area contributed by atoms with Gasteiger partial charge in [0.05, 0.1) is 0 Å². The molecule has 0 aliphatic rings. The quantitative estimate of drug-likeness (QED) is 0.0908. The summed E-state index contributed by atoms with van der Waals surface area (Å²) < 4.78 is 48.9. The number of hydrogen-bond acceptors (Lipinski definition) is 10. The molecule has 4 N–H and O–H groups in total. The first kappa shape index (κ1) is 40.4. The van der Waals surface area contributed by atoms with Gasteiger partial charge in [-0.3, -0.25) is 0 Å². The molecule has 9 rings (SSSR count). The zero-order valence-electron chi connectivity index (χ0n) is 34.2. The summed E-state index contributed by atoms with van der Waals surface area (Å²) in [6.07, 6.45) is 0. The van der Waals surface area contributed by atoms with Gasteiger partial charge in [0.1, 0.15) is 92.0 Å². The van der Waals surface area contributed by atoms with Crippen molar-refractivity contribution >= 4 is 11.4 Å². The fourth-order valence-electron chi connectivity index (χ4n) is 6.40. The van der Waals surface area contributed by atoms with Crippen LogP contribution < -0.4 is 49.4 Å². The van der Waals surface area contributed by atoms with E-state index in [1.807, 2.05) is 206 Å². The summed E-state index contributed by atoms with van der Waals surface area (Å²) in [5, 5.41) is 0. The van der Waals surface area contributed by atoms with E-state index in [1.165, 1.54) is 0 Å². The highest BCUT2D eigenvalue weighted by Crippen LogP contribution is 2.36. The average Bonchev–Trinajstić information content (AvgIpc) is 3.29. The molecule has 9 aromatic carbocycles. The van der Waals surface area contributed by atoms with Crippen LogP contribution in [0.1, 0.15) is 0 Å². The van der Waals surface area contributed by atoms with E-state index in [1.54, 1.807) is 12.1 Å². The Hall–Kier alpha value is -9.02. The van der Waals surface area contributed by atoms with Crippen molar-refractivity contribution in [2.45, 2.75) is 0 Å². The Morgan fingerprint density at radius 1 is 0.172 bits per heavy atom. The van der Waals surface area contributed by atoms with E-state index in [0.29, 0.717) is 103 Å². The molecule has 10 nitrogen and oxygen atoms in total. The number of nitrogen functional groups attached to an aromatic ring is 2. The maximum absolute atomic E-state index is 6.23. The van der Waals surface area contributed by atoms with Crippen LogP contribution in [0.4, 0.5) is 11.4 Å². The Kier molecular flexibility index (Phi) is 12.1. The van der Waals surface area contributed by atoms with Crippen molar-refractivity contribution in [3.8, 4) is 92.0 Å². The predicted molar refractivity (Wildman–Crippen MR) is 247 cm³/mol. The molecule has 0 bridgehead atoms. The van der Waals surface area contributed by atoms with Gasteiger partial charge < -0.3 is 49.4 Å². The molecule has 0 atom stereocenters. The summed E-state index contributed by atoms with van der Waals surface area (Å²) in [7, 11) is 0. The van der Waals surface area contributed by atoms with Crippen molar-refractivity contribution in [3.63, 3.8) is 0 Å². The second-order valence-corrected chi connectivity index (χ2v) is 14.3. The van der Waals surface area contributed by atoms with E-state index in [4.69, 9.17) is 49.4 Å². The Morgan fingerprint density at radius 3 is 0.516 bits per heavy atom. The van der Waals surface area contributed by atoms with Gasteiger partial charge in [-0.1, -0.05) is 42.5 Å². The number of nitrogens with two attached hydrogens (primary N) is 2. The minimum absolute atomic E-state index is 0.585. The lowest BCUT2D eigenvalue weighted by Crippen LogP contribution is -1.90. The van der Waals surface area contributed by atoms with Gasteiger partial charge in [-0.15, -0.1) is 0 Å². The molecule has 0 heterocycles. The summed E-state index contributed by atoms with van der Waals surface area (Å²) in [5.41, 5.74) is 13.0. The third-order valence-electron chi connectivity index (χ3n) is 9.28. The van der Waals surface area contributed by atoms with E-state index in [-0.39, 0.29) is 0 Å². The molecule has 0 aliphatic heterocycles. The fourth-order valence-corrected chi connectivity index (χ4v) is 6.40. The normalized spacial score (nSPS) is 10.6. The Morgan fingerprint density at radius 2 is 0.328 bits per heavy atom. The number of benzene rings is 9. The molecule has 0 amide bonds. The SMILES string of the molecule is Nc1cccc(Oc2ccc(Oc3cccc(Oc4cccc(Oc5cccc(Oc6cccc(Oc7cccc(Oc8ccc(Oc9cccc(N)c9)cc8)c7)c6)c5)c4)c3)cc2)c1. The van der Waals surface area contributed by atoms with Crippen molar-refractivity contribution in [3.05, 3.63) is 218 Å². The van der Waals surface area contributed by atoms with Gasteiger partial charge in [0.2, 0.25) is 0 Å². The average molecular weight is 845 g/mol. The number of ether oxygens (including phenoxy) is 8. The van der Waals surface area contributed by atoms with Gasteiger partial charge in [-0.2, -0.15) is 0 Å². The van der Waals surface area contributed by atoms with Crippen LogP contribution >= 0.6 is 0 Å². The molecule has 0 saturated carbocycles. The smallest absolute Gasteiger partial charge is 0.131 e. The third kappa shape index (κ3) is 11.2. The van der Waals surface area contributed by atoms with Crippen LogP contribution in [-0.4, -0.2) is 0 Å². The first-order valence-corrected chi connectivity index (χ1v) is 20.2. The van der Waals surface area contributed by atoms with Crippen LogP contribution in [0, 0.1) is 0 Å². The Labute approximate surface area is 369 Å². The van der Waals surface area contributed by atoms with Crippen LogP contribution in [0.25, 0.3) is 0 Å². The summed E-state index contributed by atoms with van der Waals surface area (Å²) in [6, 6.07) is 66.2. The second-order valence-electron chi connectivity index (χ2n) is 14.3. The molecule has 0 aromatic heterocycles. The Balaban J connectivity index is 0.781. The van der Waals surface area contributed by atoms with Crippen LogP contribution in [-0.2, 0) is 0 Å². The highest BCUT2D eigenvalue weighted by Gasteiger charge is 2.09. The van der Waals surface area contributed by atoms with Crippen molar-refractivity contribution in [2.24, 2.45) is 0 Å². The molecule has 9 aromatic rings. The van der Waals surface area contributed by atoms with Gasteiger partial charge >= 0.3 is 0 Å². The molecule has 64 heavy (non-hydrogen) atoms. The zero-order valence-corrected chi connectivity index (χ0v) is 34.2. The summed E-state index contributed by atoms with van der Waals surface area (Å²) in [4.78, 5) is 0. The topological polar surface area (TPSA) is 126 Å². The van der Waals surface area contributed by atoms with Crippen LogP contribution in [0.15, 0.2) is 218 Å². The summed E-state index contributed by atoms with van der Waals surface area (Å²) >= 11 is 0. The molecular weight excluding hydrogens is 805 g/mol. The highest BCUT2D eigenvalue weighted by molar-refractivity contribution is 5.49. The first-order valence-electron chi connectivity index (χ1n) is 20.2. The van der Waals surface area contributed by atoms with Gasteiger partial charge in [-0.25, -0.2) is 0 Å². The molecule has 0 radical (unpaired) electrons. The van der Waals surface area contributed by atoms with Crippen molar-refractivity contribution in [2.75, 3.05) is 11.5 Å². The van der Waals surface area contributed by atoms with Gasteiger partial charge in [0.15, 0.2) is 0 Å². The number of rotatable bonds is 16. The first-order chi connectivity index (χ1) is 31.4. The van der Waals surface area contributed by atoms with E-state index < -0.39 is 0 Å². The molecule has 10 heteroatoms. The van der Waals surface area contributed by atoms with Gasteiger partial charge in [0.25, 0.3) is 0 Å². The van der Waals surface area contributed by atoms with E-state index in [2.05, 4.69) is 0 Å². The van der Waals surface area contributed by atoms with Gasteiger partial charge in [-0.05, 0) is 133 Å². The predicted octanol–water partition coefficient (Wildman–Crippen LogP) is 15.2. The van der Waals surface area contributed by atoms with E-state index in [9.17, 15) is 0 Å². The minimum atomic E-state index is 0.585. The van der Waals surface area contributed by atoms with Crippen LogP contribution in [0.2, 0.25) is 0 Å². The summed E-state index contributed by atoms with van der Waals surface area (Å²) in [5.74, 6) is 9.91. The van der Waals surface area contributed by atoms with Gasteiger partial charge in [0, 0.05) is 53.8 Å². The molecule has 0 saturated heterocycles. The number of hydrogen-bond donors (Lipinski definition) is 2. The molecule has 0 unspecified atom stereocenters. The fraction of sp³-hybridized carbons (Fsp3) is 0. The maximum Gasteiger partial charge on any atom is 0.131 e. The molecule has 0 aliphatic carbocycles. The van der Waals surface area contributed by atoms with E-state index >= 15 is 0 Å². The lowest BCUT2D eigenvalue weighted by Gasteiger charge is -2.12. The lowest BCUT2D eigenvalue weighted by atomic mass is 10.3. The van der Waals surface area contributed by atoms with Crippen molar-refractivity contribution in [1.82, 2.24) is 0 Å². The van der Waals surface area contributed by atoms with Crippen molar-refractivity contribution < 1.29 is 37.9 Å². The molecule has 0 fully saturated rings. The number of anilines is 2. The minimum Gasteiger partial charge on any atom is -0.457 e. The maximum atomic E-state index is 6.23. The Bertz CT molecular complexity index is 2790. The largest absolute Gasteiger partial charge is 0.457 e. The zero-order chi connectivity index (χ0) is 43.5. The molecule has 0 spiro atoms. The molecular formula is C54H40N2O8. The summed E-state index contributed by atoms with van der Waals surface area (Å²) in [6.45, 7) is 0. The molecule has 314 valence electrons. The third-order valence-corrected chi connectivity index (χ3v) is 9.28. The van der Waals surface area contributed by atoms with Crippen molar-refractivity contribution in [1.29, 1.82) is 0 Å². The van der Waals surface area contributed by atoms with Crippen LogP contribution in [0.3, 0.4) is 0 Å². The second kappa shape index (κ2) is 19.1. The lowest BCUT2D eigenvalue weighted by molar-refractivity contribution is 0.443. The highest BCUT2D eigenvalue weighted by atomic mass is 16.5. The van der Waals surface area contributed by atoms with E-state index in [0.717, 1.165) is 0 Å². The monoisotopic (exact) mass is 844 g/mol. The van der Waals surface area contributed by atoms with Crippen LogP contribution in [0.5, 0.6) is 92.0 Å². The standard InChI is InChI=1S/C54H40N2O8/c55-37-8-1-10-43(30-37)57-39-22-26-41(27-23-39)59-45-12-3-14-47(32-45)61-49-16-5-18-51(34-49)63-53-20-7-21-54(36-53)64-52-19-6-17-50(35-52)62-48-15-4-13-46(33-48)60-42-28-24-40(25-29-42)58-44-11-2-9-38(56)31-44/h1-36H,55-56H2.